The van der Waals surface area contributed by atoms with E-state index in [1.165, 1.54) is 4.88 Å². The van der Waals surface area contributed by atoms with Gasteiger partial charge in [0.15, 0.2) is 5.82 Å². The highest BCUT2D eigenvalue weighted by atomic mass is 32.1. The Kier molecular flexibility index (Phi) is 2.29. The third kappa shape index (κ3) is 1.65. The number of hydrogen-bond acceptors (Lipinski definition) is 4. The molecule has 1 N–H and O–H groups in total. The summed E-state index contributed by atoms with van der Waals surface area (Å²) in [4.78, 5) is 6.46. The Labute approximate surface area is 85.2 Å². The van der Waals surface area contributed by atoms with Crippen molar-refractivity contribution < 1.29 is 0 Å². The van der Waals surface area contributed by atoms with E-state index in [4.69, 9.17) is 5.26 Å². The highest BCUT2D eigenvalue weighted by Crippen LogP contribution is 2.24. The van der Waals surface area contributed by atoms with Crippen molar-refractivity contribution in [1.82, 2.24) is 15.2 Å². The standard InChI is InChI=1S/C9H8N4S/c1-6-2-3-7(14-6)9-11-8(4-5-10)12-13-9/h2-3H,4H2,1H3,(H,11,12,13). The molecule has 0 bridgehead atoms. The fourth-order valence-corrected chi connectivity index (χ4v) is 1.92. The van der Waals surface area contributed by atoms with Gasteiger partial charge >= 0.3 is 0 Å². The predicted molar refractivity (Wildman–Crippen MR) is 53.7 cm³/mol. The van der Waals surface area contributed by atoms with E-state index in [-0.39, 0.29) is 6.42 Å². The number of rotatable bonds is 2. The van der Waals surface area contributed by atoms with E-state index in [2.05, 4.69) is 15.2 Å². The van der Waals surface area contributed by atoms with Crippen molar-refractivity contribution in [1.29, 1.82) is 5.26 Å². The number of nitrogens with one attached hydrogen (secondary N) is 1. The van der Waals surface area contributed by atoms with Crippen LogP contribution in [-0.4, -0.2) is 15.2 Å². The van der Waals surface area contributed by atoms with Gasteiger partial charge < -0.3 is 0 Å². The number of nitriles is 1. The molecule has 0 atom stereocenters. The summed E-state index contributed by atoms with van der Waals surface area (Å²) >= 11 is 1.64. The van der Waals surface area contributed by atoms with E-state index in [0.717, 1.165) is 4.88 Å². The van der Waals surface area contributed by atoms with Crippen LogP contribution in [0, 0.1) is 18.3 Å². The molecule has 0 radical (unpaired) electrons. The van der Waals surface area contributed by atoms with Gasteiger partial charge in [0.25, 0.3) is 0 Å². The summed E-state index contributed by atoms with van der Waals surface area (Å²) in [6.07, 6.45) is 0.275. The van der Waals surface area contributed by atoms with Crippen molar-refractivity contribution in [2.24, 2.45) is 0 Å². The molecule has 0 aliphatic carbocycles. The SMILES string of the molecule is Cc1ccc(-c2n[nH]c(CC#N)n2)s1. The summed E-state index contributed by atoms with van der Waals surface area (Å²) in [6.45, 7) is 2.04. The lowest BCUT2D eigenvalue weighted by Gasteiger charge is -1.84. The Hall–Kier alpha value is -1.67. The number of aromatic amines is 1. The zero-order valence-corrected chi connectivity index (χ0v) is 8.43. The molecular weight excluding hydrogens is 196 g/mol. The molecular formula is C9H8N4S. The molecule has 2 aromatic heterocycles. The smallest absolute Gasteiger partial charge is 0.191 e. The van der Waals surface area contributed by atoms with Crippen LogP contribution in [0.15, 0.2) is 12.1 Å². The molecule has 0 spiro atoms. The Morgan fingerprint density at radius 2 is 2.43 bits per heavy atom. The number of nitrogens with zero attached hydrogens (tertiary/aromatic N) is 3. The maximum Gasteiger partial charge on any atom is 0.191 e. The Bertz CT molecular complexity index is 477. The van der Waals surface area contributed by atoms with Gasteiger partial charge in [-0.15, -0.1) is 11.3 Å². The third-order valence-electron chi connectivity index (χ3n) is 1.74. The van der Waals surface area contributed by atoms with Gasteiger partial charge in [-0.05, 0) is 19.1 Å². The van der Waals surface area contributed by atoms with Crippen molar-refractivity contribution in [2.75, 3.05) is 0 Å². The van der Waals surface area contributed by atoms with Crippen LogP contribution in [0.4, 0.5) is 0 Å². The highest BCUT2D eigenvalue weighted by Gasteiger charge is 2.06. The minimum absolute atomic E-state index is 0.275. The van der Waals surface area contributed by atoms with Crippen LogP contribution in [-0.2, 0) is 6.42 Å². The normalized spacial score (nSPS) is 10.0. The van der Waals surface area contributed by atoms with E-state index < -0.39 is 0 Å². The first-order valence-electron chi connectivity index (χ1n) is 4.14. The zero-order valence-electron chi connectivity index (χ0n) is 7.61. The molecule has 0 aliphatic rings. The lowest BCUT2D eigenvalue weighted by atomic mass is 10.4. The fraction of sp³-hybridized carbons (Fsp3) is 0.222. The van der Waals surface area contributed by atoms with Gasteiger partial charge in [0.2, 0.25) is 0 Å². The molecule has 14 heavy (non-hydrogen) atoms. The maximum absolute atomic E-state index is 8.47. The third-order valence-corrected chi connectivity index (χ3v) is 2.74. The molecule has 4 nitrogen and oxygen atoms in total. The first kappa shape index (κ1) is 8.91. The van der Waals surface area contributed by atoms with Crippen LogP contribution in [0.3, 0.4) is 0 Å². The highest BCUT2D eigenvalue weighted by molar-refractivity contribution is 7.15. The molecule has 0 unspecified atom stereocenters. The number of thiophene rings is 1. The quantitative estimate of drug-likeness (QED) is 0.812. The molecule has 0 fully saturated rings. The van der Waals surface area contributed by atoms with Crippen molar-refractivity contribution in [3.63, 3.8) is 0 Å². The van der Waals surface area contributed by atoms with Crippen LogP contribution >= 0.6 is 11.3 Å². The first-order valence-corrected chi connectivity index (χ1v) is 4.96. The lowest BCUT2D eigenvalue weighted by Crippen LogP contribution is -1.83. The summed E-state index contributed by atoms with van der Waals surface area (Å²) in [6, 6.07) is 6.04. The summed E-state index contributed by atoms with van der Waals surface area (Å²) in [5.74, 6) is 1.29. The minimum atomic E-state index is 0.275. The van der Waals surface area contributed by atoms with E-state index in [1.54, 1.807) is 11.3 Å². The zero-order chi connectivity index (χ0) is 9.97. The number of aromatic nitrogens is 3. The molecule has 2 aromatic rings. The Balaban J connectivity index is 2.30. The molecule has 0 aromatic carbocycles. The van der Waals surface area contributed by atoms with Crippen LogP contribution < -0.4 is 0 Å². The fourth-order valence-electron chi connectivity index (χ4n) is 1.11. The monoisotopic (exact) mass is 204 g/mol. The summed E-state index contributed by atoms with van der Waals surface area (Å²) in [7, 11) is 0. The first-order chi connectivity index (χ1) is 6.79. The number of H-pyrrole nitrogens is 1. The van der Waals surface area contributed by atoms with Crippen LogP contribution in [0.5, 0.6) is 0 Å². The molecule has 0 amide bonds. The number of hydrogen-bond donors (Lipinski definition) is 1. The van der Waals surface area contributed by atoms with E-state index in [0.29, 0.717) is 11.6 Å². The minimum Gasteiger partial charge on any atom is -0.262 e. The summed E-state index contributed by atoms with van der Waals surface area (Å²) in [5.41, 5.74) is 0. The lowest BCUT2D eigenvalue weighted by molar-refractivity contribution is 0.996. The molecule has 5 heteroatoms. The van der Waals surface area contributed by atoms with E-state index in [9.17, 15) is 0 Å². The number of aryl methyl sites for hydroxylation is 1. The predicted octanol–water partition coefficient (Wildman–Crippen LogP) is 1.91. The molecule has 0 saturated heterocycles. The topological polar surface area (TPSA) is 65.4 Å². The Morgan fingerprint density at radius 1 is 1.57 bits per heavy atom. The van der Waals surface area contributed by atoms with Crippen LogP contribution in [0.25, 0.3) is 10.7 Å². The van der Waals surface area contributed by atoms with Crippen LogP contribution in [0.2, 0.25) is 0 Å². The second-order valence-electron chi connectivity index (χ2n) is 2.85. The van der Waals surface area contributed by atoms with Gasteiger partial charge in [-0.1, -0.05) is 0 Å². The maximum atomic E-state index is 8.47. The van der Waals surface area contributed by atoms with Gasteiger partial charge in [0.1, 0.15) is 5.82 Å². The van der Waals surface area contributed by atoms with Crippen molar-refractivity contribution in [3.05, 3.63) is 22.8 Å². The molecule has 2 heterocycles. The van der Waals surface area contributed by atoms with E-state index in [1.807, 2.05) is 25.1 Å². The molecule has 0 aliphatic heterocycles. The van der Waals surface area contributed by atoms with Gasteiger partial charge in [0, 0.05) is 4.88 Å². The van der Waals surface area contributed by atoms with Crippen LogP contribution in [0.1, 0.15) is 10.7 Å². The van der Waals surface area contributed by atoms with Crippen molar-refractivity contribution in [3.8, 4) is 16.8 Å². The van der Waals surface area contributed by atoms with Crippen molar-refractivity contribution >= 4 is 11.3 Å². The average Bonchev–Trinajstić information content (AvgIpc) is 2.74. The van der Waals surface area contributed by atoms with Gasteiger partial charge in [0.05, 0.1) is 17.4 Å². The average molecular weight is 204 g/mol. The van der Waals surface area contributed by atoms with Gasteiger partial charge in [-0.2, -0.15) is 10.4 Å². The van der Waals surface area contributed by atoms with E-state index >= 15 is 0 Å². The Morgan fingerprint density at radius 3 is 3.07 bits per heavy atom. The van der Waals surface area contributed by atoms with Gasteiger partial charge in [-0.3, -0.25) is 5.10 Å². The molecule has 70 valence electrons. The molecule has 2 rings (SSSR count). The van der Waals surface area contributed by atoms with Crippen molar-refractivity contribution in [2.45, 2.75) is 13.3 Å². The second kappa shape index (κ2) is 3.60. The molecule has 0 saturated carbocycles. The second-order valence-corrected chi connectivity index (χ2v) is 4.14. The summed E-state index contributed by atoms with van der Waals surface area (Å²) in [5, 5.41) is 15.2. The van der Waals surface area contributed by atoms with Gasteiger partial charge in [-0.25, -0.2) is 4.98 Å². The summed E-state index contributed by atoms with van der Waals surface area (Å²) < 4.78 is 0. The largest absolute Gasteiger partial charge is 0.262 e.